The van der Waals surface area contributed by atoms with Crippen LogP contribution in [0.3, 0.4) is 0 Å². The largest absolute Gasteiger partial charge is 0.456 e. The van der Waals surface area contributed by atoms with E-state index in [4.69, 9.17) is 14.2 Å². The quantitative estimate of drug-likeness (QED) is 0.0551. The Kier molecular flexibility index (Phi) is 19.9. The van der Waals surface area contributed by atoms with E-state index in [0.717, 1.165) is 6.42 Å². The Balaban J connectivity index is 0.000000350. The first kappa shape index (κ1) is 54.2. The van der Waals surface area contributed by atoms with Gasteiger partial charge in [0.25, 0.3) is 11.1 Å². The Labute approximate surface area is 380 Å². The number of alkyl halides is 1. The van der Waals surface area contributed by atoms with E-state index in [9.17, 15) is 34.2 Å². The molecule has 0 spiro atoms. The van der Waals surface area contributed by atoms with Gasteiger partial charge in [-0.2, -0.15) is 9.97 Å². The molecule has 1 unspecified atom stereocenters. The van der Waals surface area contributed by atoms with E-state index in [1.54, 1.807) is 28.5 Å². The van der Waals surface area contributed by atoms with Crippen molar-refractivity contribution in [3.63, 3.8) is 0 Å². The Morgan fingerprint density at radius 1 is 0.825 bits per heavy atom. The van der Waals surface area contributed by atoms with Crippen molar-refractivity contribution in [2.45, 2.75) is 123 Å². The second kappa shape index (κ2) is 23.1. The lowest BCUT2D eigenvalue weighted by Crippen LogP contribution is -2.32. The maximum atomic E-state index is 12.3. The van der Waals surface area contributed by atoms with Gasteiger partial charge < -0.3 is 39.0 Å². The number of nitrogens with one attached hydrogen (secondary N) is 2. The highest BCUT2D eigenvalue weighted by Gasteiger charge is 2.46. The van der Waals surface area contributed by atoms with Gasteiger partial charge in [-0.25, -0.2) is 20.0 Å². The maximum Gasteiger partial charge on any atom is 0.303 e. The zero-order valence-electron chi connectivity index (χ0n) is 35.1. The summed E-state index contributed by atoms with van der Waals surface area (Å²) < 4.78 is 24.6. The molecule has 2 aliphatic heterocycles. The molecular formula is C38H58Br2N12O11. The number of aliphatic imine (C=N–C) groups is 2. The highest BCUT2D eigenvalue weighted by molar-refractivity contribution is 9.18. The standard InChI is InChI=1S/C16H21BrN6O4.C14H20N6O4.C6H9BrO3.2CH4/c1-5-9-10(17)12(26-8(2)24)15(27-9)23-7-18-11-13(23)20-16(21-14(11)25)19-6-22(3)4;1-4-7-9(21)10(22)13(24-7)20-6-15-8-11(20)17-14(18-12(8)23)16-5-19(2)3;1-4(8)10-6(2,3)5(7)9;;/h6-7,9-10,12,15H,5H2,1-4H3,(H,20,21,25);5-7,9-10,13,21-22H,4H2,1-3H3,(H,17,18,23);1-3H3;2*1H4/t9-,10+,12?,15-;7-,9-,10-,13-;;;/m11.../s1. The summed E-state index contributed by atoms with van der Waals surface area (Å²) in [4.78, 5) is 90.4. The molecule has 0 aromatic carbocycles. The normalized spacial score (nSPS) is 23.0. The van der Waals surface area contributed by atoms with Crippen LogP contribution in [0.25, 0.3) is 22.3 Å². The van der Waals surface area contributed by atoms with Gasteiger partial charge in [-0.3, -0.25) is 43.1 Å². The first-order chi connectivity index (χ1) is 28.6. The number of ether oxygens (including phenoxy) is 4. The zero-order chi connectivity index (χ0) is 45.5. The number of aliphatic hydroxyl groups is 2. The minimum Gasteiger partial charge on any atom is -0.456 e. The summed E-state index contributed by atoms with van der Waals surface area (Å²) in [5.74, 6) is -0.616. The summed E-state index contributed by atoms with van der Waals surface area (Å²) >= 11 is 6.27. The van der Waals surface area contributed by atoms with Crippen LogP contribution >= 0.6 is 31.9 Å². The summed E-state index contributed by atoms with van der Waals surface area (Å²) in [5, 5.41) is 20.3. The predicted molar refractivity (Wildman–Crippen MR) is 242 cm³/mol. The Morgan fingerprint density at radius 2 is 1.27 bits per heavy atom. The number of aromatic nitrogens is 8. The number of rotatable bonds is 11. The van der Waals surface area contributed by atoms with Crippen LogP contribution in [0, 0.1) is 0 Å². The monoisotopic (exact) mass is 1020 g/mol. The first-order valence-corrected chi connectivity index (χ1v) is 20.5. The SMILES string of the molecule is C.C.CC(=O)OC(C)(C)C(=O)Br.CC[C@H]1O[C@@H](n2cnc3c(=O)[nH]c(N=CN(C)C)nc32)C(OC(C)=O)[C@H]1Br.CC[C@H]1O[C@@H](n2cnc3c(=O)[nH]c(N=CN(C)C)nc32)[C@H](O)[C@@H]1O. The number of nitrogens with zero attached hydrogens (tertiary/aromatic N) is 10. The van der Waals surface area contributed by atoms with Gasteiger partial charge in [0.15, 0.2) is 46.5 Å². The molecule has 350 valence electrons. The molecular weight excluding hydrogens is 960 g/mol. The van der Waals surface area contributed by atoms with E-state index in [1.165, 1.54) is 57.6 Å². The van der Waals surface area contributed by atoms with Crippen LogP contribution in [0.2, 0.25) is 0 Å². The molecule has 4 aromatic rings. The van der Waals surface area contributed by atoms with Gasteiger partial charge in [0.2, 0.25) is 16.6 Å². The lowest BCUT2D eigenvalue weighted by atomic mass is 10.1. The van der Waals surface area contributed by atoms with Crippen molar-refractivity contribution in [3.05, 3.63) is 33.4 Å². The summed E-state index contributed by atoms with van der Waals surface area (Å²) in [5.41, 5.74) is -1.08. The van der Waals surface area contributed by atoms with E-state index in [-0.39, 0.29) is 59.1 Å². The Bertz CT molecular complexity index is 2360. The van der Waals surface area contributed by atoms with Gasteiger partial charge in [0.05, 0.1) is 42.4 Å². The van der Waals surface area contributed by atoms with E-state index in [2.05, 4.69) is 76.5 Å². The number of halogens is 2. The molecule has 0 bridgehead atoms. The molecule has 0 aliphatic carbocycles. The number of hydrogen-bond acceptors (Lipinski definition) is 17. The molecule has 23 nitrogen and oxygen atoms in total. The highest BCUT2D eigenvalue weighted by Crippen LogP contribution is 2.38. The van der Waals surface area contributed by atoms with Crippen LogP contribution < -0.4 is 11.1 Å². The third-order valence-corrected chi connectivity index (χ3v) is 10.9. The molecule has 0 amide bonds. The molecule has 2 fully saturated rings. The van der Waals surface area contributed by atoms with Crippen molar-refractivity contribution < 1.29 is 43.5 Å². The van der Waals surface area contributed by atoms with Gasteiger partial charge in [0.1, 0.15) is 12.2 Å². The second-order valence-electron chi connectivity index (χ2n) is 14.7. The topological polar surface area (TPSA) is 287 Å². The summed E-state index contributed by atoms with van der Waals surface area (Å²) in [6.07, 6.45) is 2.23. The van der Waals surface area contributed by atoms with Crippen molar-refractivity contribution in [1.29, 1.82) is 0 Å². The van der Waals surface area contributed by atoms with Gasteiger partial charge >= 0.3 is 11.9 Å². The molecule has 8 atom stereocenters. The average molecular weight is 1020 g/mol. The smallest absolute Gasteiger partial charge is 0.303 e. The molecule has 4 aromatic heterocycles. The summed E-state index contributed by atoms with van der Waals surface area (Å²) in [6, 6.07) is 0. The number of carbonyl (C=O) groups excluding carboxylic acids is 3. The molecule has 0 saturated carbocycles. The number of hydrogen-bond donors (Lipinski definition) is 4. The molecule has 63 heavy (non-hydrogen) atoms. The van der Waals surface area contributed by atoms with Crippen LogP contribution in [0.15, 0.2) is 32.2 Å². The van der Waals surface area contributed by atoms with Crippen LogP contribution in [-0.2, 0) is 33.3 Å². The van der Waals surface area contributed by atoms with Crippen molar-refractivity contribution in [1.82, 2.24) is 48.8 Å². The molecule has 2 aliphatic rings. The third-order valence-electron chi connectivity index (χ3n) is 8.79. The van der Waals surface area contributed by atoms with Crippen molar-refractivity contribution in [2.75, 3.05) is 28.2 Å². The summed E-state index contributed by atoms with van der Waals surface area (Å²) in [6.45, 7) is 9.48. The zero-order valence-corrected chi connectivity index (χ0v) is 38.3. The van der Waals surface area contributed by atoms with Crippen molar-refractivity contribution in [3.8, 4) is 0 Å². The van der Waals surface area contributed by atoms with E-state index in [1.807, 2.05) is 27.9 Å². The molecule has 25 heteroatoms. The Hall–Kier alpha value is -4.95. The molecule has 2 saturated heterocycles. The molecule has 0 radical (unpaired) electrons. The lowest BCUT2D eigenvalue weighted by Gasteiger charge is -2.21. The number of carbonyl (C=O) groups is 3. The van der Waals surface area contributed by atoms with Gasteiger partial charge in [-0.15, -0.1) is 0 Å². The number of H-pyrrole nitrogens is 2. The molecule has 6 heterocycles. The minimum absolute atomic E-state index is 0. The highest BCUT2D eigenvalue weighted by atomic mass is 79.9. The Morgan fingerprint density at radius 3 is 1.63 bits per heavy atom. The van der Waals surface area contributed by atoms with E-state index in [0.29, 0.717) is 12.1 Å². The molecule has 4 N–H and O–H groups in total. The fourth-order valence-electron chi connectivity index (χ4n) is 5.92. The predicted octanol–water partition coefficient (Wildman–Crippen LogP) is 3.24. The number of esters is 2. The third kappa shape index (κ3) is 13.3. The fourth-order valence-corrected chi connectivity index (χ4v) is 6.87. The van der Waals surface area contributed by atoms with Crippen molar-refractivity contribution in [2.24, 2.45) is 9.98 Å². The van der Waals surface area contributed by atoms with E-state index < -0.39 is 65.5 Å². The number of fused-ring (bicyclic) bond motifs is 2. The summed E-state index contributed by atoms with van der Waals surface area (Å²) in [7, 11) is 7.20. The van der Waals surface area contributed by atoms with Crippen LogP contribution in [0.1, 0.15) is 81.7 Å². The number of aromatic amines is 2. The molecule has 6 rings (SSSR count). The number of imidazole rings is 2. The van der Waals surface area contributed by atoms with Crippen LogP contribution in [0.4, 0.5) is 11.9 Å². The van der Waals surface area contributed by atoms with Crippen molar-refractivity contribution >= 4 is 95.4 Å². The van der Waals surface area contributed by atoms with Crippen LogP contribution in [-0.4, -0.2) is 157 Å². The average Bonchev–Trinajstić information content (AvgIpc) is 3.94. The number of aliphatic hydroxyl groups excluding tert-OH is 2. The van der Waals surface area contributed by atoms with Gasteiger partial charge in [0, 0.05) is 42.0 Å². The van der Waals surface area contributed by atoms with E-state index >= 15 is 0 Å². The van der Waals surface area contributed by atoms with Crippen LogP contribution in [0.5, 0.6) is 0 Å². The fraction of sp³-hybridized carbons (Fsp3) is 0.605. The maximum absolute atomic E-state index is 12.3. The second-order valence-corrected chi connectivity index (χ2v) is 16.4. The minimum atomic E-state index is -1.14. The lowest BCUT2D eigenvalue weighted by molar-refractivity contribution is -0.158. The van der Waals surface area contributed by atoms with Gasteiger partial charge in [-0.05, 0) is 42.6 Å². The van der Waals surface area contributed by atoms with Gasteiger partial charge in [-0.1, -0.05) is 44.6 Å². The first-order valence-electron chi connectivity index (χ1n) is 18.8.